The van der Waals surface area contributed by atoms with Gasteiger partial charge in [-0.15, -0.1) is 0 Å². The largest absolute Gasteiger partial charge is 0.497 e. The Kier molecular flexibility index (Phi) is 3.16. The summed E-state index contributed by atoms with van der Waals surface area (Å²) in [5, 5.41) is 0. The van der Waals surface area contributed by atoms with E-state index in [0.29, 0.717) is 0 Å². The summed E-state index contributed by atoms with van der Waals surface area (Å²) < 4.78 is 5.24. The van der Waals surface area contributed by atoms with Crippen molar-refractivity contribution in [3.05, 3.63) is 48.0 Å². The summed E-state index contributed by atoms with van der Waals surface area (Å²) in [4.78, 5) is 7.94. The first kappa shape index (κ1) is 12.7. The summed E-state index contributed by atoms with van der Waals surface area (Å²) in [7, 11) is 1.66. The number of aromatic amines is 1. The molecule has 4 nitrogen and oxygen atoms in total. The molecule has 0 spiro atoms. The fourth-order valence-electron chi connectivity index (χ4n) is 2.22. The highest BCUT2D eigenvalue weighted by Crippen LogP contribution is 2.25. The molecule has 0 radical (unpaired) electrons. The first-order chi connectivity index (χ1) is 9.67. The number of aromatic nitrogens is 2. The van der Waals surface area contributed by atoms with Crippen LogP contribution in [0.5, 0.6) is 5.75 Å². The molecule has 1 aromatic heterocycles. The topological polar surface area (TPSA) is 63.9 Å². The number of ether oxygens (including phenoxy) is 1. The summed E-state index contributed by atoms with van der Waals surface area (Å²) in [5.74, 6) is 1.65. The number of hydrogen-bond donors (Lipinski definition) is 2. The molecule has 3 rings (SSSR count). The molecule has 1 unspecified atom stereocenters. The van der Waals surface area contributed by atoms with Gasteiger partial charge in [0.15, 0.2) is 0 Å². The molecule has 0 bridgehead atoms. The second-order valence-electron chi connectivity index (χ2n) is 4.88. The van der Waals surface area contributed by atoms with Crippen LogP contribution in [0.25, 0.3) is 22.4 Å². The van der Waals surface area contributed by atoms with Gasteiger partial charge in [-0.3, -0.25) is 0 Å². The number of hydrogen-bond acceptors (Lipinski definition) is 3. The van der Waals surface area contributed by atoms with E-state index >= 15 is 0 Å². The first-order valence-electron chi connectivity index (χ1n) is 6.57. The van der Waals surface area contributed by atoms with Crippen LogP contribution in [0.1, 0.15) is 18.5 Å². The van der Waals surface area contributed by atoms with Crippen LogP contribution < -0.4 is 10.5 Å². The molecule has 1 atom stereocenters. The lowest BCUT2D eigenvalue weighted by Gasteiger charge is -2.03. The van der Waals surface area contributed by atoms with Gasteiger partial charge in [-0.25, -0.2) is 4.98 Å². The van der Waals surface area contributed by atoms with Gasteiger partial charge in [0.05, 0.1) is 18.1 Å². The summed E-state index contributed by atoms with van der Waals surface area (Å²) >= 11 is 0. The highest BCUT2D eigenvalue weighted by atomic mass is 16.5. The van der Waals surface area contributed by atoms with E-state index in [9.17, 15) is 0 Å². The van der Waals surface area contributed by atoms with Crippen LogP contribution >= 0.6 is 0 Å². The van der Waals surface area contributed by atoms with Gasteiger partial charge in [0.1, 0.15) is 11.6 Å². The Morgan fingerprint density at radius 2 is 2.05 bits per heavy atom. The van der Waals surface area contributed by atoms with Crippen molar-refractivity contribution < 1.29 is 4.74 Å². The van der Waals surface area contributed by atoms with Crippen LogP contribution in [0.2, 0.25) is 0 Å². The molecule has 0 aliphatic carbocycles. The van der Waals surface area contributed by atoms with Crippen molar-refractivity contribution in [1.29, 1.82) is 0 Å². The molecule has 0 saturated heterocycles. The number of methoxy groups -OCH3 is 1. The van der Waals surface area contributed by atoms with Gasteiger partial charge in [0.2, 0.25) is 0 Å². The molecule has 0 saturated carbocycles. The monoisotopic (exact) mass is 267 g/mol. The quantitative estimate of drug-likeness (QED) is 0.765. The SMILES string of the molecule is COc1cccc(-c2nc3ccc(C(C)N)cc3[nH]2)c1. The van der Waals surface area contributed by atoms with Crippen molar-refractivity contribution >= 4 is 11.0 Å². The van der Waals surface area contributed by atoms with Crippen LogP contribution in [0.15, 0.2) is 42.5 Å². The van der Waals surface area contributed by atoms with Crippen molar-refractivity contribution in [3.8, 4) is 17.1 Å². The first-order valence-corrected chi connectivity index (χ1v) is 6.57. The predicted octanol–water partition coefficient (Wildman–Crippen LogP) is 3.26. The van der Waals surface area contributed by atoms with Crippen molar-refractivity contribution in [2.45, 2.75) is 13.0 Å². The molecule has 2 aromatic carbocycles. The van der Waals surface area contributed by atoms with E-state index in [1.54, 1.807) is 7.11 Å². The third-order valence-electron chi connectivity index (χ3n) is 3.37. The fraction of sp³-hybridized carbons (Fsp3) is 0.188. The molecule has 0 aliphatic heterocycles. The number of nitrogens with zero attached hydrogens (tertiary/aromatic N) is 1. The smallest absolute Gasteiger partial charge is 0.138 e. The molecule has 102 valence electrons. The zero-order valence-electron chi connectivity index (χ0n) is 11.6. The van der Waals surface area contributed by atoms with E-state index in [1.807, 2.05) is 43.3 Å². The molecule has 4 heteroatoms. The highest BCUT2D eigenvalue weighted by Gasteiger charge is 2.08. The van der Waals surface area contributed by atoms with E-state index in [1.165, 1.54) is 0 Å². The Hall–Kier alpha value is -2.33. The van der Waals surface area contributed by atoms with Gasteiger partial charge in [-0.05, 0) is 36.8 Å². The molecular formula is C16H17N3O. The molecule has 1 heterocycles. The van der Waals surface area contributed by atoms with Gasteiger partial charge >= 0.3 is 0 Å². The highest BCUT2D eigenvalue weighted by molar-refractivity contribution is 5.80. The van der Waals surface area contributed by atoms with Crippen molar-refractivity contribution in [2.24, 2.45) is 5.73 Å². The number of rotatable bonds is 3. The lowest BCUT2D eigenvalue weighted by atomic mass is 10.1. The van der Waals surface area contributed by atoms with Crippen LogP contribution in [-0.4, -0.2) is 17.1 Å². The number of nitrogens with one attached hydrogen (secondary N) is 1. The number of imidazole rings is 1. The Morgan fingerprint density at radius 1 is 1.20 bits per heavy atom. The maximum absolute atomic E-state index is 5.91. The van der Waals surface area contributed by atoms with Crippen molar-refractivity contribution in [2.75, 3.05) is 7.11 Å². The van der Waals surface area contributed by atoms with Gasteiger partial charge in [0.25, 0.3) is 0 Å². The molecular weight excluding hydrogens is 250 g/mol. The molecule has 3 N–H and O–H groups in total. The summed E-state index contributed by atoms with van der Waals surface area (Å²) in [6.45, 7) is 1.97. The normalized spacial score (nSPS) is 12.6. The van der Waals surface area contributed by atoms with E-state index in [2.05, 4.69) is 16.0 Å². The van der Waals surface area contributed by atoms with Crippen LogP contribution in [0.4, 0.5) is 0 Å². The van der Waals surface area contributed by atoms with E-state index in [0.717, 1.165) is 33.7 Å². The molecule has 0 aliphatic rings. The minimum Gasteiger partial charge on any atom is -0.497 e. The van der Waals surface area contributed by atoms with Crippen LogP contribution in [0.3, 0.4) is 0 Å². The second-order valence-corrected chi connectivity index (χ2v) is 4.88. The number of nitrogens with two attached hydrogens (primary N) is 1. The predicted molar refractivity (Wildman–Crippen MR) is 80.7 cm³/mol. The van der Waals surface area contributed by atoms with Gasteiger partial charge in [-0.2, -0.15) is 0 Å². The number of fused-ring (bicyclic) bond motifs is 1. The maximum atomic E-state index is 5.91. The summed E-state index contributed by atoms with van der Waals surface area (Å²) in [6.07, 6.45) is 0. The minimum absolute atomic E-state index is 0.0166. The number of H-pyrrole nitrogens is 1. The van der Waals surface area contributed by atoms with E-state index in [4.69, 9.17) is 10.5 Å². The van der Waals surface area contributed by atoms with Gasteiger partial charge in [-0.1, -0.05) is 18.2 Å². The van der Waals surface area contributed by atoms with Crippen molar-refractivity contribution in [3.63, 3.8) is 0 Å². The third kappa shape index (κ3) is 2.26. The summed E-state index contributed by atoms with van der Waals surface area (Å²) in [6, 6.07) is 13.9. The number of benzene rings is 2. The average molecular weight is 267 g/mol. The average Bonchev–Trinajstić information content (AvgIpc) is 2.90. The van der Waals surface area contributed by atoms with Gasteiger partial charge in [0, 0.05) is 11.6 Å². The van der Waals surface area contributed by atoms with E-state index in [-0.39, 0.29) is 6.04 Å². The van der Waals surface area contributed by atoms with Gasteiger partial charge < -0.3 is 15.5 Å². The van der Waals surface area contributed by atoms with Crippen LogP contribution in [-0.2, 0) is 0 Å². The lowest BCUT2D eigenvalue weighted by Crippen LogP contribution is -2.04. The molecule has 20 heavy (non-hydrogen) atoms. The fourth-order valence-corrected chi connectivity index (χ4v) is 2.22. The minimum atomic E-state index is 0.0166. The standard InChI is InChI=1S/C16H17N3O/c1-10(17)11-6-7-14-15(9-11)19-16(18-14)12-4-3-5-13(8-12)20-2/h3-10H,17H2,1-2H3,(H,18,19). The Balaban J connectivity index is 2.08. The van der Waals surface area contributed by atoms with Crippen molar-refractivity contribution in [1.82, 2.24) is 9.97 Å². The Bertz CT molecular complexity index is 746. The Labute approximate surface area is 117 Å². The maximum Gasteiger partial charge on any atom is 0.138 e. The zero-order chi connectivity index (χ0) is 14.1. The third-order valence-corrected chi connectivity index (χ3v) is 3.37. The van der Waals surface area contributed by atoms with Crippen LogP contribution in [0, 0.1) is 0 Å². The zero-order valence-corrected chi connectivity index (χ0v) is 11.6. The summed E-state index contributed by atoms with van der Waals surface area (Å²) in [5.41, 5.74) is 9.94. The molecule has 0 amide bonds. The van der Waals surface area contributed by atoms with E-state index < -0.39 is 0 Å². The second kappa shape index (κ2) is 4.98. The molecule has 3 aromatic rings. The molecule has 0 fully saturated rings. The Morgan fingerprint density at radius 3 is 2.80 bits per heavy atom. The lowest BCUT2D eigenvalue weighted by molar-refractivity contribution is 0.415.